The number of methoxy groups -OCH3 is 1. The fraction of sp³-hybridized carbons (Fsp3) is 0.667. The third-order valence-electron chi connectivity index (χ3n) is 6.47. The van der Waals surface area contributed by atoms with Crippen LogP contribution in [0.2, 0.25) is 0 Å². The van der Waals surface area contributed by atoms with Crippen LogP contribution >= 0.6 is 11.6 Å². The third-order valence-corrected chi connectivity index (χ3v) is 8.10. The largest absolute Gasteiger partial charge is 0.465 e. The number of benzene rings is 1. The van der Waals surface area contributed by atoms with Crippen LogP contribution in [-0.2, 0) is 14.8 Å². The molecular weight excluding hydrogens is 536 g/mol. The van der Waals surface area contributed by atoms with Gasteiger partial charge in [0.1, 0.15) is 0 Å². The Hall–Kier alpha value is -2.06. The number of halogens is 1. The van der Waals surface area contributed by atoms with E-state index in [1.54, 1.807) is 0 Å². The zero-order valence-electron chi connectivity index (χ0n) is 23.9. The van der Waals surface area contributed by atoms with E-state index in [-0.39, 0.29) is 40.8 Å². The highest BCUT2D eigenvalue weighted by Crippen LogP contribution is 2.21. The monoisotopic (exact) mass is 584 g/mol. The quantitative estimate of drug-likeness (QED) is 0.0596. The number of esters is 1. The first-order chi connectivity index (χ1) is 18.8. The standard InChI is InChI=1S/C30H49ClN2O5S/c1-3-4-5-6-7-8-9-10-11-12-13-14-15-16-17-18-23-32-29(34)26-20-21-27(30(35)38-2)28(25-26)33-39(36,37)24-19-22-31/h10-11,20-21,25,33H,3-9,12-19,22-24H2,1-2H3,(H,32,34)/b11-10-. The van der Waals surface area contributed by atoms with Gasteiger partial charge in [-0.15, -0.1) is 11.6 Å². The lowest BCUT2D eigenvalue weighted by Gasteiger charge is -2.13. The predicted molar refractivity (Wildman–Crippen MR) is 162 cm³/mol. The molecule has 2 N–H and O–H groups in total. The Morgan fingerprint density at radius 1 is 0.872 bits per heavy atom. The van der Waals surface area contributed by atoms with Gasteiger partial charge in [0, 0.05) is 18.0 Å². The highest BCUT2D eigenvalue weighted by atomic mass is 35.5. The number of carbonyl (C=O) groups is 2. The van der Waals surface area contributed by atoms with Crippen molar-refractivity contribution in [1.82, 2.24) is 5.32 Å². The van der Waals surface area contributed by atoms with Crippen molar-refractivity contribution in [2.24, 2.45) is 0 Å². The normalized spacial score (nSPS) is 11.6. The highest BCUT2D eigenvalue weighted by Gasteiger charge is 2.19. The van der Waals surface area contributed by atoms with Crippen LogP contribution in [0.4, 0.5) is 5.69 Å². The van der Waals surface area contributed by atoms with E-state index in [0.29, 0.717) is 6.54 Å². The van der Waals surface area contributed by atoms with E-state index in [4.69, 9.17) is 16.3 Å². The Morgan fingerprint density at radius 2 is 1.46 bits per heavy atom. The molecule has 0 radical (unpaired) electrons. The molecule has 7 nitrogen and oxygen atoms in total. The molecule has 0 heterocycles. The average molecular weight is 585 g/mol. The van der Waals surface area contributed by atoms with Crippen molar-refractivity contribution in [3.05, 3.63) is 41.5 Å². The first-order valence-corrected chi connectivity index (χ1v) is 16.7. The Labute approximate surface area is 241 Å². The summed E-state index contributed by atoms with van der Waals surface area (Å²) in [6, 6.07) is 4.24. The maximum absolute atomic E-state index is 12.6. The number of nitrogens with one attached hydrogen (secondary N) is 2. The van der Waals surface area contributed by atoms with Gasteiger partial charge in [-0.2, -0.15) is 0 Å². The number of unbranched alkanes of at least 4 members (excludes halogenated alkanes) is 12. The van der Waals surface area contributed by atoms with Gasteiger partial charge in [-0.3, -0.25) is 9.52 Å². The number of amides is 1. The van der Waals surface area contributed by atoms with Gasteiger partial charge < -0.3 is 10.1 Å². The molecule has 0 aliphatic rings. The van der Waals surface area contributed by atoms with E-state index < -0.39 is 16.0 Å². The van der Waals surface area contributed by atoms with Gasteiger partial charge in [-0.05, 0) is 56.7 Å². The van der Waals surface area contributed by atoms with E-state index in [2.05, 4.69) is 29.1 Å². The van der Waals surface area contributed by atoms with Gasteiger partial charge in [-0.1, -0.05) is 76.9 Å². The molecule has 1 rings (SSSR count). The number of hydrogen-bond donors (Lipinski definition) is 2. The minimum Gasteiger partial charge on any atom is -0.465 e. The minimum atomic E-state index is -3.73. The van der Waals surface area contributed by atoms with Crippen molar-refractivity contribution < 1.29 is 22.7 Å². The number of rotatable bonds is 23. The molecule has 0 saturated heterocycles. The summed E-state index contributed by atoms with van der Waals surface area (Å²) in [6.45, 7) is 2.79. The summed E-state index contributed by atoms with van der Waals surface area (Å²) in [5, 5.41) is 2.88. The van der Waals surface area contributed by atoms with E-state index in [1.165, 1.54) is 89.5 Å². The van der Waals surface area contributed by atoms with Gasteiger partial charge in [0.15, 0.2) is 0 Å². The Bertz CT molecular complexity index is 966. The first-order valence-electron chi connectivity index (χ1n) is 14.6. The molecule has 222 valence electrons. The molecule has 0 atom stereocenters. The maximum atomic E-state index is 12.6. The molecule has 0 unspecified atom stereocenters. The number of allylic oxidation sites excluding steroid dienone is 2. The van der Waals surface area contributed by atoms with E-state index in [1.807, 2.05) is 0 Å². The lowest BCUT2D eigenvalue weighted by Crippen LogP contribution is -2.25. The molecule has 0 aromatic heterocycles. The van der Waals surface area contributed by atoms with Crippen molar-refractivity contribution >= 4 is 39.2 Å². The number of sulfonamides is 1. The molecule has 9 heteroatoms. The Morgan fingerprint density at radius 3 is 2.05 bits per heavy atom. The second-order valence-electron chi connectivity index (χ2n) is 9.91. The molecule has 0 aliphatic carbocycles. The highest BCUT2D eigenvalue weighted by molar-refractivity contribution is 7.92. The van der Waals surface area contributed by atoms with Crippen LogP contribution in [0, 0.1) is 0 Å². The summed E-state index contributed by atoms with van der Waals surface area (Å²) in [5.74, 6) is -1.01. The van der Waals surface area contributed by atoms with E-state index in [9.17, 15) is 18.0 Å². The summed E-state index contributed by atoms with van der Waals surface area (Å²) in [6.07, 6.45) is 22.1. The summed E-state index contributed by atoms with van der Waals surface area (Å²) in [5.41, 5.74) is 0.320. The summed E-state index contributed by atoms with van der Waals surface area (Å²) in [4.78, 5) is 24.7. The van der Waals surface area contributed by atoms with Crippen LogP contribution < -0.4 is 10.0 Å². The maximum Gasteiger partial charge on any atom is 0.339 e. The van der Waals surface area contributed by atoms with Crippen LogP contribution in [0.25, 0.3) is 0 Å². The molecule has 0 spiro atoms. The van der Waals surface area contributed by atoms with E-state index in [0.717, 1.165) is 25.7 Å². The molecule has 0 saturated carbocycles. The van der Waals surface area contributed by atoms with Gasteiger partial charge >= 0.3 is 5.97 Å². The molecular formula is C30H49ClN2O5S. The van der Waals surface area contributed by atoms with Crippen LogP contribution in [0.3, 0.4) is 0 Å². The molecule has 1 aromatic carbocycles. The first kappa shape index (κ1) is 35.0. The SMILES string of the molecule is CCCCCCCC/C=C\CCCCCCCCNC(=O)c1ccc(C(=O)OC)c(NS(=O)(=O)CCCCl)c1. The number of alkyl halides is 1. The lowest BCUT2D eigenvalue weighted by atomic mass is 10.1. The summed E-state index contributed by atoms with van der Waals surface area (Å²) >= 11 is 5.60. The molecule has 1 aromatic rings. The average Bonchev–Trinajstić information content (AvgIpc) is 2.92. The fourth-order valence-corrected chi connectivity index (χ4v) is 5.62. The van der Waals surface area contributed by atoms with Crippen molar-refractivity contribution in [3.8, 4) is 0 Å². The minimum absolute atomic E-state index is 0.0151. The van der Waals surface area contributed by atoms with Gasteiger partial charge in [-0.25, -0.2) is 13.2 Å². The number of anilines is 1. The van der Waals surface area contributed by atoms with Gasteiger partial charge in [0.05, 0.1) is 24.1 Å². The summed E-state index contributed by atoms with van der Waals surface area (Å²) < 4.78 is 31.8. The second-order valence-corrected chi connectivity index (χ2v) is 12.1. The van der Waals surface area contributed by atoms with Crippen molar-refractivity contribution in [1.29, 1.82) is 0 Å². The zero-order chi connectivity index (χ0) is 28.8. The predicted octanol–water partition coefficient (Wildman–Crippen LogP) is 7.61. The van der Waals surface area contributed by atoms with Crippen LogP contribution in [0.1, 0.15) is 124 Å². The second kappa shape index (κ2) is 21.7. The van der Waals surface area contributed by atoms with Crippen molar-refractivity contribution in [2.45, 2.75) is 103 Å². The van der Waals surface area contributed by atoms with Crippen molar-refractivity contribution in [2.75, 3.05) is 30.0 Å². The van der Waals surface area contributed by atoms with Crippen LogP contribution in [0.5, 0.6) is 0 Å². The molecule has 39 heavy (non-hydrogen) atoms. The topological polar surface area (TPSA) is 102 Å². The van der Waals surface area contributed by atoms with Crippen LogP contribution in [-0.4, -0.2) is 45.6 Å². The van der Waals surface area contributed by atoms with Gasteiger partial charge in [0.2, 0.25) is 10.0 Å². The lowest BCUT2D eigenvalue weighted by molar-refractivity contribution is 0.0601. The summed E-state index contributed by atoms with van der Waals surface area (Å²) in [7, 11) is -2.51. The molecule has 0 aliphatic heterocycles. The Kier molecular flexibility index (Phi) is 19.5. The number of ether oxygens (including phenoxy) is 1. The zero-order valence-corrected chi connectivity index (χ0v) is 25.5. The number of hydrogen-bond acceptors (Lipinski definition) is 5. The smallest absolute Gasteiger partial charge is 0.339 e. The third kappa shape index (κ3) is 16.6. The molecule has 1 amide bonds. The van der Waals surface area contributed by atoms with Gasteiger partial charge in [0.25, 0.3) is 5.91 Å². The van der Waals surface area contributed by atoms with E-state index >= 15 is 0 Å². The van der Waals surface area contributed by atoms with Crippen LogP contribution in [0.15, 0.2) is 30.4 Å². The molecule has 0 bridgehead atoms. The number of carbonyl (C=O) groups excluding carboxylic acids is 2. The fourth-order valence-electron chi connectivity index (χ4n) is 4.20. The molecule has 0 fully saturated rings. The Balaban J connectivity index is 2.29. The van der Waals surface area contributed by atoms with Crippen molar-refractivity contribution in [3.63, 3.8) is 0 Å².